The van der Waals surface area contributed by atoms with E-state index in [2.05, 4.69) is 27.2 Å². The van der Waals surface area contributed by atoms with Gasteiger partial charge in [-0.2, -0.15) is 5.10 Å². The van der Waals surface area contributed by atoms with Crippen molar-refractivity contribution in [2.45, 2.75) is 0 Å². The molecule has 0 bridgehead atoms. The number of aromatic nitrogens is 2. The van der Waals surface area contributed by atoms with Gasteiger partial charge in [-0.1, -0.05) is 12.1 Å². The number of benzene rings is 2. The van der Waals surface area contributed by atoms with E-state index in [0.29, 0.717) is 18.7 Å². The number of para-hydroxylation sites is 1. The van der Waals surface area contributed by atoms with Crippen LogP contribution in [-0.4, -0.2) is 54.3 Å². The molecule has 0 atom stereocenters. The van der Waals surface area contributed by atoms with Gasteiger partial charge in [0.1, 0.15) is 5.75 Å². The highest BCUT2D eigenvalue weighted by Gasteiger charge is 2.23. The van der Waals surface area contributed by atoms with Gasteiger partial charge in [0.2, 0.25) is 0 Å². The Bertz CT molecular complexity index is 880. The van der Waals surface area contributed by atoms with E-state index in [0.717, 1.165) is 35.4 Å². The highest BCUT2D eigenvalue weighted by Crippen LogP contribution is 2.22. The van der Waals surface area contributed by atoms with E-state index in [1.165, 1.54) is 0 Å². The number of aromatic amines is 1. The molecule has 1 aliphatic rings. The topological polar surface area (TPSA) is 61.5 Å². The Kier molecular flexibility index (Phi) is 4.01. The van der Waals surface area contributed by atoms with Crippen molar-refractivity contribution < 1.29 is 9.53 Å². The number of H-pyrrole nitrogens is 1. The molecule has 0 radical (unpaired) electrons. The molecule has 1 fully saturated rings. The van der Waals surface area contributed by atoms with Crippen LogP contribution in [0.25, 0.3) is 10.9 Å². The van der Waals surface area contributed by atoms with E-state index >= 15 is 0 Å². The summed E-state index contributed by atoms with van der Waals surface area (Å²) < 4.78 is 5.20. The van der Waals surface area contributed by atoms with Crippen LogP contribution < -0.4 is 9.64 Å². The van der Waals surface area contributed by atoms with E-state index < -0.39 is 0 Å². The summed E-state index contributed by atoms with van der Waals surface area (Å²) in [5.41, 5.74) is 2.65. The monoisotopic (exact) mass is 336 g/mol. The van der Waals surface area contributed by atoms with Gasteiger partial charge in [0.25, 0.3) is 5.91 Å². The summed E-state index contributed by atoms with van der Waals surface area (Å²) in [6, 6.07) is 13.8. The average molecular weight is 336 g/mol. The van der Waals surface area contributed by atoms with Crippen LogP contribution in [0.2, 0.25) is 0 Å². The minimum absolute atomic E-state index is 0.0595. The lowest BCUT2D eigenvalue weighted by molar-refractivity contribution is 0.0748. The van der Waals surface area contributed by atoms with Gasteiger partial charge in [0.05, 0.1) is 24.4 Å². The first-order valence-electron chi connectivity index (χ1n) is 8.36. The molecule has 1 N–H and O–H groups in total. The molecule has 0 spiro atoms. The minimum atomic E-state index is 0.0595. The summed E-state index contributed by atoms with van der Waals surface area (Å²) in [5.74, 6) is 0.912. The second-order valence-corrected chi connectivity index (χ2v) is 6.12. The van der Waals surface area contributed by atoms with Crippen LogP contribution in [-0.2, 0) is 0 Å². The van der Waals surface area contributed by atoms with Gasteiger partial charge in [0, 0.05) is 37.3 Å². The Morgan fingerprint density at radius 3 is 2.56 bits per heavy atom. The van der Waals surface area contributed by atoms with Crippen LogP contribution in [0.3, 0.4) is 0 Å². The maximum Gasteiger partial charge on any atom is 0.256 e. The Hall–Kier alpha value is -3.02. The SMILES string of the molecule is COc1ccc(N2CCN(C(=O)c3cccc4cn[nH]c34)CC2)cc1. The molecule has 0 aliphatic carbocycles. The summed E-state index contributed by atoms with van der Waals surface area (Å²) in [6.07, 6.45) is 1.74. The molecule has 4 rings (SSSR count). The Morgan fingerprint density at radius 1 is 1.08 bits per heavy atom. The number of ether oxygens (including phenoxy) is 1. The van der Waals surface area contributed by atoms with Crippen molar-refractivity contribution in [3.05, 3.63) is 54.2 Å². The van der Waals surface area contributed by atoms with Gasteiger partial charge in [0.15, 0.2) is 0 Å². The third-order valence-electron chi connectivity index (χ3n) is 4.71. The molecule has 25 heavy (non-hydrogen) atoms. The number of rotatable bonds is 3. The normalized spacial score (nSPS) is 14.8. The molecule has 2 aromatic carbocycles. The third kappa shape index (κ3) is 2.91. The molecule has 3 aromatic rings. The maximum atomic E-state index is 12.9. The molecule has 1 amide bonds. The van der Waals surface area contributed by atoms with Crippen molar-refractivity contribution in [1.82, 2.24) is 15.1 Å². The minimum Gasteiger partial charge on any atom is -0.497 e. The van der Waals surface area contributed by atoms with Crippen LogP contribution in [0, 0.1) is 0 Å². The summed E-state index contributed by atoms with van der Waals surface area (Å²) in [5, 5.41) is 7.94. The van der Waals surface area contributed by atoms with Crippen molar-refractivity contribution in [2.75, 3.05) is 38.2 Å². The van der Waals surface area contributed by atoms with E-state index in [9.17, 15) is 4.79 Å². The second-order valence-electron chi connectivity index (χ2n) is 6.12. The smallest absolute Gasteiger partial charge is 0.256 e. The Morgan fingerprint density at radius 2 is 1.84 bits per heavy atom. The lowest BCUT2D eigenvalue weighted by Crippen LogP contribution is -2.48. The predicted octanol–water partition coefficient (Wildman–Crippen LogP) is 2.53. The summed E-state index contributed by atoms with van der Waals surface area (Å²) in [4.78, 5) is 17.1. The lowest BCUT2D eigenvalue weighted by Gasteiger charge is -2.36. The maximum absolute atomic E-state index is 12.9. The number of hydrogen-bond acceptors (Lipinski definition) is 4. The van der Waals surface area contributed by atoms with Crippen molar-refractivity contribution in [2.24, 2.45) is 0 Å². The molecule has 6 nitrogen and oxygen atoms in total. The van der Waals surface area contributed by atoms with E-state index in [1.807, 2.05) is 35.2 Å². The highest BCUT2D eigenvalue weighted by molar-refractivity contribution is 6.05. The number of piperazine rings is 1. The Balaban J connectivity index is 1.46. The van der Waals surface area contributed by atoms with Gasteiger partial charge < -0.3 is 14.5 Å². The summed E-state index contributed by atoms with van der Waals surface area (Å²) >= 11 is 0. The predicted molar refractivity (Wildman–Crippen MR) is 97.2 cm³/mol. The molecule has 1 aromatic heterocycles. The molecule has 2 heterocycles. The van der Waals surface area contributed by atoms with Crippen LogP contribution >= 0.6 is 0 Å². The fourth-order valence-electron chi connectivity index (χ4n) is 3.28. The number of carbonyl (C=O) groups is 1. The quantitative estimate of drug-likeness (QED) is 0.798. The number of carbonyl (C=O) groups excluding carboxylic acids is 1. The molecular formula is C19H20N4O2. The number of nitrogens with zero attached hydrogens (tertiary/aromatic N) is 3. The standard InChI is InChI=1S/C19H20N4O2/c1-25-16-7-5-15(6-8-16)22-9-11-23(12-10-22)19(24)17-4-2-3-14-13-20-21-18(14)17/h2-8,13H,9-12H2,1H3,(H,20,21). The fourth-order valence-corrected chi connectivity index (χ4v) is 3.28. The van der Waals surface area contributed by atoms with Crippen molar-refractivity contribution >= 4 is 22.5 Å². The van der Waals surface area contributed by atoms with Crippen LogP contribution in [0.15, 0.2) is 48.7 Å². The molecule has 128 valence electrons. The van der Waals surface area contributed by atoms with Crippen molar-refractivity contribution in [3.63, 3.8) is 0 Å². The fraction of sp³-hybridized carbons (Fsp3) is 0.263. The first-order chi connectivity index (χ1) is 12.3. The number of nitrogens with one attached hydrogen (secondary N) is 1. The molecule has 1 saturated heterocycles. The van der Waals surface area contributed by atoms with Gasteiger partial charge >= 0.3 is 0 Å². The Labute approximate surface area is 146 Å². The van der Waals surface area contributed by atoms with E-state index in [1.54, 1.807) is 13.3 Å². The summed E-state index contributed by atoms with van der Waals surface area (Å²) in [6.45, 7) is 3.04. The molecular weight excluding hydrogens is 316 g/mol. The second kappa shape index (κ2) is 6.47. The number of fused-ring (bicyclic) bond motifs is 1. The van der Waals surface area contributed by atoms with Crippen molar-refractivity contribution in [1.29, 1.82) is 0 Å². The van der Waals surface area contributed by atoms with Gasteiger partial charge in [-0.05, 0) is 30.3 Å². The largest absolute Gasteiger partial charge is 0.497 e. The molecule has 6 heteroatoms. The highest BCUT2D eigenvalue weighted by atomic mass is 16.5. The van der Waals surface area contributed by atoms with E-state index in [-0.39, 0.29) is 5.91 Å². The number of methoxy groups -OCH3 is 1. The number of hydrogen-bond donors (Lipinski definition) is 1. The van der Waals surface area contributed by atoms with Crippen LogP contribution in [0.5, 0.6) is 5.75 Å². The first kappa shape index (κ1) is 15.5. The zero-order chi connectivity index (χ0) is 17.2. The zero-order valence-electron chi connectivity index (χ0n) is 14.1. The molecule has 0 saturated carbocycles. The molecule has 1 aliphatic heterocycles. The van der Waals surface area contributed by atoms with Crippen LogP contribution in [0.1, 0.15) is 10.4 Å². The van der Waals surface area contributed by atoms with Gasteiger partial charge in [-0.3, -0.25) is 9.89 Å². The van der Waals surface area contributed by atoms with E-state index in [4.69, 9.17) is 4.74 Å². The van der Waals surface area contributed by atoms with Crippen LogP contribution in [0.4, 0.5) is 5.69 Å². The zero-order valence-corrected chi connectivity index (χ0v) is 14.1. The van der Waals surface area contributed by atoms with Crippen molar-refractivity contribution in [3.8, 4) is 5.75 Å². The third-order valence-corrected chi connectivity index (χ3v) is 4.71. The number of amides is 1. The average Bonchev–Trinajstić information content (AvgIpc) is 3.16. The van der Waals surface area contributed by atoms with Gasteiger partial charge in [-0.15, -0.1) is 0 Å². The summed E-state index contributed by atoms with van der Waals surface area (Å²) in [7, 11) is 1.67. The molecule has 0 unspecified atom stereocenters. The lowest BCUT2D eigenvalue weighted by atomic mass is 10.1. The van der Waals surface area contributed by atoms with Gasteiger partial charge in [-0.25, -0.2) is 0 Å². The first-order valence-corrected chi connectivity index (χ1v) is 8.36. The number of anilines is 1.